The van der Waals surface area contributed by atoms with Gasteiger partial charge in [-0.25, -0.2) is 4.39 Å². The van der Waals surface area contributed by atoms with Crippen LogP contribution in [0.3, 0.4) is 0 Å². The van der Waals surface area contributed by atoms with Gasteiger partial charge in [0, 0.05) is 12.1 Å². The first kappa shape index (κ1) is 14.8. The van der Waals surface area contributed by atoms with E-state index in [0.29, 0.717) is 23.1 Å². The van der Waals surface area contributed by atoms with Gasteiger partial charge in [0.2, 0.25) is 0 Å². The van der Waals surface area contributed by atoms with Gasteiger partial charge in [0.15, 0.2) is 11.0 Å². The molecule has 0 aliphatic carbocycles. The van der Waals surface area contributed by atoms with Crippen molar-refractivity contribution in [1.29, 1.82) is 0 Å². The molecule has 0 saturated carbocycles. The Morgan fingerprint density at radius 2 is 2.25 bits per heavy atom. The van der Waals surface area contributed by atoms with Crippen LogP contribution in [0.5, 0.6) is 0 Å². The molecule has 5 nitrogen and oxygen atoms in total. The maximum atomic E-state index is 13.2. The molecule has 1 N–H and O–H groups in total. The predicted molar refractivity (Wildman–Crippen MR) is 74.5 cm³/mol. The smallest absolute Gasteiger partial charge is 0.313 e. The summed E-state index contributed by atoms with van der Waals surface area (Å²) in [4.78, 5) is 10.6. The number of aliphatic carboxylic acids is 1. The second-order valence-electron chi connectivity index (χ2n) is 3.86. The zero-order valence-corrected chi connectivity index (χ0v) is 12.1. The lowest BCUT2D eigenvalue weighted by Crippen LogP contribution is -2.03. The molecule has 0 spiro atoms. The Morgan fingerprint density at radius 1 is 1.50 bits per heavy atom. The van der Waals surface area contributed by atoms with Crippen LogP contribution in [0.25, 0.3) is 11.4 Å². The maximum Gasteiger partial charge on any atom is 0.313 e. The van der Waals surface area contributed by atoms with Crippen LogP contribution >= 0.6 is 23.4 Å². The molecule has 1 aromatic heterocycles. The fourth-order valence-corrected chi connectivity index (χ4v) is 2.56. The minimum absolute atomic E-state index is 0.00731. The molecule has 0 unspecified atom stereocenters. The monoisotopic (exact) mass is 315 g/mol. The van der Waals surface area contributed by atoms with Crippen LogP contribution in [0.4, 0.5) is 4.39 Å². The highest BCUT2D eigenvalue weighted by atomic mass is 35.5. The summed E-state index contributed by atoms with van der Waals surface area (Å²) in [6.07, 6.45) is 0. The van der Waals surface area contributed by atoms with E-state index in [1.165, 1.54) is 12.1 Å². The van der Waals surface area contributed by atoms with E-state index in [-0.39, 0.29) is 10.8 Å². The second kappa shape index (κ2) is 6.23. The van der Waals surface area contributed by atoms with E-state index in [4.69, 9.17) is 16.7 Å². The summed E-state index contributed by atoms with van der Waals surface area (Å²) in [5, 5.41) is 17.2. The molecule has 0 radical (unpaired) electrons. The third-order valence-corrected chi connectivity index (χ3v) is 3.78. The largest absolute Gasteiger partial charge is 0.481 e. The summed E-state index contributed by atoms with van der Waals surface area (Å²) in [6, 6.07) is 4.29. The molecule has 20 heavy (non-hydrogen) atoms. The lowest BCUT2D eigenvalue weighted by Gasteiger charge is -2.07. The van der Waals surface area contributed by atoms with E-state index < -0.39 is 11.8 Å². The van der Waals surface area contributed by atoms with E-state index >= 15 is 0 Å². The Morgan fingerprint density at radius 3 is 2.85 bits per heavy atom. The summed E-state index contributed by atoms with van der Waals surface area (Å²) in [5.74, 6) is -0.991. The van der Waals surface area contributed by atoms with Crippen molar-refractivity contribution in [3.63, 3.8) is 0 Å². The highest BCUT2D eigenvalue weighted by Crippen LogP contribution is 2.27. The number of carboxylic acids is 1. The van der Waals surface area contributed by atoms with Crippen LogP contribution < -0.4 is 0 Å². The topological polar surface area (TPSA) is 68.0 Å². The standard InChI is InChI=1S/C12H11ClFN3O2S/c1-2-17-11(7-3-4-9(14)8(13)5-7)15-16-12(17)20-6-10(18)19/h3-5H,2,6H2,1H3,(H,18,19). The normalized spacial score (nSPS) is 10.8. The van der Waals surface area contributed by atoms with Crippen molar-refractivity contribution in [3.8, 4) is 11.4 Å². The molecular formula is C12H11ClFN3O2S. The first-order chi connectivity index (χ1) is 9.52. The van der Waals surface area contributed by atoms with E-state index in [1.54, 1.807) is 10.6 Å². The van der Waals surface area contributed by atoms with Gasteiger partial charge in [-0.1, -0.05) is 23.4 Å². The van der Waals surface area contributed by atoms with Crippen LogP contribution in [-0.4, -0.2) is 31.6 Å². The minimum Gasteiger partial charge on any atom is -0.481 e. The summed E-state index contributed by atoms with van der Waals surface area (Å²) < 4.78 is 14.9. The quantitative estimate of drug-likeness (QED) is 0.859. The summed E-state index contributed by atoms with van der Waals surface area (Å²) in [7, 11) is 0. The number of rotatable bonds is 5. The highest BCUT2D eigenvalue weighted by Gasteiger charge is 2.15. The molecule has 2 rings (SSSR count). The Kier molecular flexibility index (Phi) is 4.61. The molecular weight excluding hydrogens is 305 g/mol. The van der Waals surface area contributed by atoms with Crippen LogP contribution in [-0.2, 0) is 11.3 Å². The fraction of sp³-hybridized carbons (Fsp3) is 0.250. The van der Waals surface area contributed by atoms with Crippen molar-refractivity contribution in [2.75, 3.05) is 5.75 Å². The van der Waals surface area contributed by atoms with Crippen LogP contribution in [0.15, 0.2) is 23.4 Å². The van der Waals surface area contributed by atoms with Gasteiger partial charge >= 0.3 is 5.97 Å². The van der Waals surface area contributed by atoms with Gasteiger partial charge in [0.05, 0.1) is 10.8 Å². The molecule has 0 aliphatic rings. The molecule has 8 heteroatoms. The van der Waals surface area contributed by atoms with Crippen molar-refractivity contribution >= 4 is 29.3 Å². The van der Waals surface area contributed by atoms with Gasteiger partial charge in [-0.3, -0.25) is 4.79 Å². The van der Waals surface area contributed by atoms with Gasteiger partial charge in [-0.2, -0.15) is 0 Å². The maximum absolute atomic E-state index is 13.2. The Bertz CT molecular complexity index is 648. The van der Waals surface area contributed by atoms with Gasteiger partial charge in [0.1, 0.15) is 5.82 Å². The molecule has 0 saturated heterocycles. The molecule has 1 heterocycles. The number of aromatic nitrogens is 3. The van der Waals surface area contributed by atoms with E-state index in [1.807, 2.05) is 6.92 Å². The zero-order chi connectivity index (χ0) is 14.7. The molecule has 106 valence electrons. The summed E-state index contributed by atoms with van der Waals surface area (Å²) >= 11 is 6.84. The lowest BCUT2D eigenvalue weighted by molar-refractivity contribution is -0.133. The van der Waals surface area contributed by atoms with Gasteiger partial charge in [-0.05, 0) is 25.1 Å². The molecule has 2 aromatic rings. The van der Waals surface area contributed by atoms with Gasteiger partial charge in [-0.15, -0.1) is 10.2 Å². The fourth-order valence-electron chi connectivity index (χ4n) is 1.66. The Hall–Kier alpha value is -1.60. The molecule has 0 atom stereocenters. The molecule has 1 aromatic carbocycles. The minimum atomic E-state index is -0.924. The number of thioether (sulfide) groups is 1. The number of hydrogen-bond acceptors (Lipinski definition) is 4. The van der Waals surface area contributed by atoms with Crippen molar-refractivity contribution in [3.05, 3.63) is 29.0 Å². The van der Waals surface area contributed by atoms with Crippen LogP contribution in [0.2, 0.25) is 5.02 Å². The average molecular weight is 316 g/mol. The number of benzene rings is 1. The number of nitrogens with zero attached hydrogens (tertiary/aromatic N) is 3. The van der Waals surface area contributed by atoms with Gasteiger partial charge < -0.3 is 9.67 Å². The second-order valence-corrected chi connectivity index (χ2v) is 5.21. The lowest BCUT2D eigenvalue weighted by atomic mass is 10.2. The summed E-state index contributed by atoms with van der Waals surface area (Å²) in [6.45, 7) is 2.46. The SMILES string of the molecule is CCn1c(SCC(=O)O)nnc1-c1ccc(F)c(Cl)c1. The Labute approximate surface area is 123 Å². The summed E-state index contributed by atoms with van der Waals surface area (Å²) in [5.41, 5.74) is 0.632. The number of halogens is 2. The van der Waals surface area contributed by atoms with Crippen molar-refractivity contribution in [1.82, 2.24) is 14.8 Å². The van der Waals surface area contributed by atoms with E-state index in [9.17, 15) is 9.18 Å². The molecule has 0 amide bonds. The molecule has 0 aliphatic heterocycles. The van der Waals surface area contributed by atoms with Gasteiger partial charge in [0.25, 0.3) is 0 Å². The van der Waals surface area contributed by atoms with Crippen LogP contribution in [0, 0.1) is 5.82 Å². The first-order valence-corrected chi connectivity index (χ1v) is 7.12. The first-order valence-electron chi connectivity index (χ1n) is 5.76. The highest BCUT2D eigenvalue weighted by molar-refractivity contribution is 7.99. The number of hydrogen-bond donors (Lipinski definition) is 1. The van der Waals surface area contributed by atoms with Crippen molar-refractivity contribution in [2.24, 2.45) is 0 Å². The Balaban J connectivity index is 2.36. The number of carbonyl (C=O) groups is 1. The third kappa shape index (κ3) is 3.10. The average Bonchev–Trinajstić information content (AvgIpc) is 2.82. The zero-order valence-electron chi connectivity index (χ0n) is 10.5. The molecule has 0 bridgehead atoms. The predicted octanol–water partition coefficient (Wildman–Crippen LogP) is 2.93. The molecule has 0 fully saturated rings. The van der Waals surface area contributed by atoms with Crippen molar-refractivity contribution in [2.45, 2.75) is 18.6 Å². The van der Waals surface area contributed by atoms with Crippen molar-refractivity contribution < 1.29 is 14.3 Å². The number of carboxylic acid groups (broad SMARTS) is 1. The third-order valence-electron chi connectivity index (χ3n) is 2.54. The van der Waals surface area contributed by atoms with E-state index in [0.717, 1.165) is 11.8 Å². The van der Waals surface area contributed by atoms with Crippen LogP contribution in [0.1, 0.15) is 6.92 Å². The van der Waals surface area contributed by atoms with E-state index in [2.05, 4.69) is 10.2 Å².